The highest BCUT2D eigenvalue weighted by atomic mass is 15.2. The number of nitrogens with zero attached hydrogens (tertiary/aromatic N) is 1. The van der Waals surface area contributed by atoms with Gasteiger partial charge in [-0.15, -0.1) is 0 Å². The van der Waals surface area contributed by atoms with Gasteiger partial charge in [-0.1, -0.05) is 51.5 Å². The third kappa shape index (κ3) is 4.60. The van der Waals surface area contributed by atoms with Gasteiger partial charge in [0.2, 0.25) is 0 Å². The van der Waals surface area contributed by atoms with Crippen LogP contribution in [0, 0.1) is 5.92 Å². The van der Waals surface area contributed by atoms with Crippen LogP contribution in [-0.2, 0) is 6.42 Å². The molecule has 1 rings (SSSR count). The maximum absolute atomic E-state index is 3.49. The second kappa shape index (κ2) is 8.43. The summed E-state index contributed by atoms with van der Waals surface area (Å²) < 4.78 is 0. The van der Waals surface area contributed by atoms with Gasteiger partial charge in [-0.2, -0.15) is 0 Å². The monoisotopic (exact) mass is 276 g/mol. The lowest BCUT2D eigenvalue weighted by Crippen LogP contribution is -2.41. The maximum Gasteiger partial charge on any atom is 0.0472 e. The molecule has 1 aromatic carbocycles. The largest absolute Gasteiger partial charge is 0.312 e. The lowest BCUT2D eigenvalue weighted by atomic mass is 9.97. The molecule has 0 fully saturated rings. The van der Waals surface area contributed by atoms with Gasteiger partial charge in [0.1, 0.15) is 0 Å². The number of nitrogens with one attached hydrogen (secondary N) is 1. The van der Waals surface area contributed by atoms with Crippen LogP contribution in [0.3, 0.4) is 0 Å². The van der Waals surface area contributed by atoms with Crippen molar-refractivity contribution in [2.45, 2.75) is 52.6 Å². The van der Waals surface area contributed by atoms with Crippen molar-refractivity contribution >= 4 is 0 Å². The van der Waals surface area contributed by atoms with Crippen molar-refractivity contribution in [1.82, 2.24) is 10.2 Å². The first-order valence-corrected chi connectivity index (χ1v) is 7.99. The van der Waals surface area contributed by atoms with Crippen LogP contribution in [0.15, 0.2) is 24.3 Å². The summed E-state index contributed by atoms with van der Waals surface area (Å²) >= 11 is 0. The van der Waals surface area contributed by atoms with Gasteiger partial charge in [0.05, 0.1) is 0 Å². The van der Waals surface area contributed by atoms with Gasteiger partial charge in [0.25, 0.3) is 0 Å². The molecular weight excluding hydrogens is 244 g/mol. The molecule has 0 spiro atoms. The van der Waals surface area contributed by atoms with Crippen molar-refractivity contribution in [2.75, 3.05) is 20.6 Å². The zero-order valence-corrected chi connectivity index (χ0v) is 14.1. The summed E-state index contributed by atoms with van der Waals surface area (Å²) in [4.78, 5) is 2.48. The van der Waals surface area contributed by atoms with E-state index >= 15 is 0 Å². The van der Waals surface area contributed by atoms with E-state index in [2.05, 4.69) is 76.3 Å². The molecule has 0 aliphatic heterocycles. The Kier molecular flexibility index (Phi) is 7.25. The molecule has 0 aliphatic rings. The Bertz CT molecular complexity index is 372. The molecule has 3 atom stereocenters. The van der Waals surface area contributed by atoms with Crippen LogP contribution >= 0.6 is 0 Å². The molecule has 0 aromatic heterocycles. The molecule has 20 heavy (non-hydrogen) atoms. The second-order valence-electron chi connectivity index (χ2n) is 6.06. The average molecular weight is 276 g/mol. The molecular formula is C18H32N2. The molecule has 0 bridgehead atoms. The number of rotatable bonds is 8. The van der Waals surface area contributed by atoms with Crippen molar-refractivity contribution in [3.63, 3.8) is 0 Å². The fourth-order valence-electron chi connectivity index (χ4n) is 2.69. The standard InChI is InChI=1S/C18H32N2/c1-7-14(3)13-20(6)15(4)18(19-5)17-11-9-16(8-2)10-12-17/h9-12,14-15,18-19H,7-8,13H2,1-6H3. The van der Waals surface area contributed by atoms with Crippen LogP contribution in [0.4, 0.5) is 0 Å². The smallest absolute Gasteiger partial charge is 0.0472 e. The summed E-state index contributed by atoms with van der Waals surface area (Å²) in [6.07, 6.45) is 2.35. The average Bonchev–Trinajstić information content (AvgIpc) is 2.48. The molecule has 3 unspecified atom stereocenters. The maximum atomic E-state index is 3.49. The SMILES string of the molecule is CCc1ccc(C(NC)C(C)N(C)CC(C)CC)cc1. The van der Waals surface area contributed by atoms with Crippen LogP contribution in [-0.4, -0.2) is 31.6 Å². The van der Waals surface area contributed by atoms with E-state index in [0.29, 0.717) is 12.1 Å². The van der Waals surface area contributed by atoms with Crippen LogP contribution in [0.5, 0.6) is 0 Å². The lowest BCUT2D eigenvalue weighted by Gasteiger charge is -2.33. The molecule has 0 amide bonds. The molecule has 0 saturated carbocycles. The predicted molar refractivity (Wildman–Crippen MR) is 89.2 cm³/mol. The van der Waals surface area contributed by atoms with E-state index in [1.54, 1.807) is 0 Å². The summed E-state index contributed by atoms with van der Waals surface area (Å²) in [5.41, 5.74) is 2.79. The molecule has 1 aromatic rings. The summed E-state index contributed by atoms with van der Waals surface area (Å²) in [5, 5.41) is 3.49. The fourth-order valence-corrected chi connectivity index (χ4v) is 2.69. The molecule has 1 N–H and O–H groups in total. The quantitative estimate of drug-likeness (QED) is 0.775. The van der Waals surface area contributed by atoms with Crippen molar-refractivity contribution in [3.8, 4) is 0 Å². The predicted octanol–water partition coefficient (Wildman–Crippen LogP) is 3.88. The van der Waals surface area contributed by atoms with Gasteiger partial charge in [0.15, 0.2) is 0 Å². The van der Waals surface area contributed by atoms with Crippen molar-refractivity contribution in [1.29, 1.82) is 0 Å². The zero-order valence-electron chi connectivity index (χ0n) is 14.1. The van der Waals surface area contributed by atoms with E-state index < -0.39 is 0 Å². The van der Waals surface area contributed by atoms with E-state index in [9.17, 15) is 0 Å². The topological polar surface area (TPSA) is 15.3 Å². The molecule has 2 heteroatoms. The first kappa shape index (κ1) is 17.2. The van der Waals surface area contributed by atoms with Crippen molar-refractivity contribution < 1.29 is 0 Å². The molecule has 114 valence electrons. The van der Waals surface area contributed by atoms with E-state index in [-0.39, 0.29) is 0 Å². The normalized spacial score (nSPS) is 16.1. The van der Waals surface area contributed by atoms with E-state index in [0.717, 1.165) is 18.9 Å². The Hall–Kier alpha value is -0.860. The molecule has 0 radical (unpaired) electrons. The number of hydrogen-bond donors (Lipinski definition) is 1. The highest BCUT2D eigenvalue weighted by molar-refractivity contribution is 5.26. The van der Waals surface area contributed by atoms with Crippen LogP contribution in [0.2, 0.25) is 0 Å². The molecule has 0 aliphatic carbocycles. The van der Waals surface area contributed by atoms with Gasteiger partial charge >= 0.3 is 0 Å². The molecule has 0 saturated heterocycles. The van der Waals surface area contributed by atoms with Crippen LogP contribution in [0.1, 0.15) is 51.3 Å². The zero-order chi connectivity index (χ0) is 15.1. The minimum Gasteiger partial charge on any atom is -0.312 e. The summed E-state index contributed by atoms with van der Waals surface area (Å²) in [7, 11) is 4.30. The Morgan fingerprint density at radius 1 is 1.10 bits per heavy atom. The molecule has 2 nitrogen and oxygen atoms in total. The van der Waals surface area contributed by atoms with E-state index in [4.69, 9.17) is 0 Å². The van der Waals surface area contributed by atoms with Crippen LogP contribution < -0.4 is 5.32 Å². The number of likely N-dealkylation sites (N-methyl/N-ethyl adjacent to an activating group) is 2. The first-order chi connectivity index (χ1) is 9.53. The van der Waals surface area contributed by atoms with Crippen molar-refractivity contribution in [3.05, 3.63) is 35.4 Å². The number of aryl methyl sites for hydroxylation is 1. The highest BCUT2D eigenvalue weighted by Crippen LogP contribution is 2.21. The van der Waals surface area contributed by atoms with Gasteiger partial charge in [-0.25, -0.2) is 0 Å². The number of benzene rings is 1. The summed E-state index contributed by atoms with van der Waals surface area (Å²) in [6, 6.07) is 9.92. The number of hydrogen-bond acceptors (Lipinski definition) is 2. The molecule has 0 heterocycles. The van der Waals surface area contributed by atoms with Gasteiger partial charge in [-0.05, 0) is 44.5 Å². The Balaban J connectivity index is 2.77. The summed E-state index contributed by atoms with van der Waals surface area (Å²) in [5.74, 6) is 0.752. The Morgan fingerprint density at radius 3 is 2.15 bits per heavy atom. The van der Waals surface area contributed by atoms with Crippen molar-refractivity contribution in [2.24, 2.45) is 5.92 Å². The Labute approximate surface area is 125 Å². The lowest BCUT2D eigenvalue weighted by molar-refractivity contribution is 0.185. The van der Waals surface area contributed by atoms with E-state index in [1.807, 2.05) is 0 Å². The summed E-state index contributed by atoms with van der Waals surface area (Å²) in [6.45, 7) is 10.3. The minimum atomic E-state index is 0.384. The second-order valence-corrected chi connectivity index (χ2v) is 6.06. The van der Waals surface area contributed by atoms with Gasteiger partial charge in [0, 0.05) is 18.6 Å². The third-order valence-corrected chi connectivity index (χ3v) is 4.53. The minimum absolute atomic E-state index is 0.384. The van der Waals surface area contributed by atoms with Crippen LogP contribution in [0.25, 0.3) is 0 Å². The third-order valence-electron chi connectivity index (χ3n) is 4.53. The fraction of sp³-hybridized carbons (Fsp3) is 0.667. The van der Waals surface area contributed by atoms with Gasteiger partial charge in [-0.3, -0.25) is 0 Å². The Morgan fingerprint density at radius 2 is 1.70 bits per heavy atom. The highest BCUT2D eigenvalue weighted by Gasteiger charge is 2.22. The van der Waals surface area contributed by atoms with E-state index in [1.165, 1.54) is 17.5 Å². The first-order valence-electron chi connectivity index (χ1n) is 7.99. The van der Waals surface area contributed by atoms with Gasteiger partial charge < -0.3 is 10.2 Å².